The number of carboxylic acids is 1. The Morgan fingerprint density at radius 3 is 2.88 bits per heavy atom. The zero-order chi connectivity index (χ0) is 11.7. The summed E-state index contributed by atoms with van der Waals surface area (Å²) in [5.41, 5.74) is 1.03. The predicted octanol–water partition coefficient (Wildman–Crippen LogP) is 2.30. The quantitative estimate of drug-likeness (QED) is 0.817. The molecule has 16 heavy (non-hydrogen) atoms. The summed E-state index contributed by atoms with van der Waals surface area (Å²) in [7, 11) is 0. The monoisotopic (exact) mass is 220 g/mol. The van der Waals surface area contributed by atoms with Gasteiger partial charge in [-0.2, -0.15) is 0 Å². The van der Waals surface area contributed by atoms with E-state index in [2.05, 4.69) is 17.2 Å². The summed E-state index contributed by atoms with van der Waals surface area (Å²) in [6.07, 6.45) is 4.09. The molecule has 2 N–H and O–H groups in total. The molecule has 1 heterocycles. The average Bonchev–Trinajstić information content (AvgIpc) is 2.99. The maximum Gasteiger partial charge on any atom is 0.339 e. The first-order valence-electron chi connectivity index (χ1n) is 5.55. The summed E-state index contributed by atoms with van der Waals surface area (Å²) in [5.74, 6) is 0.243. The number of hydrogen-bond donors (Lipinski definition) is 2. The molecule has 1 aromatic rings. The molecule has 0 aromatic carbocycles. The van der Waals surface area contributed by atoms with Crippen molar-refractivity contribution in [1.82, 2.24) is 4.98 Å². The summed E-state index contributed by atoms with van der Waals surface area (Å²) in [6.45, 7) is 3.87. The number of hydrogen-bond acceptors (Lipinski definition) is 3. The molecule has 2 rings (SSSR count). The SMILES string of the molecule is Cc1ccnc(NC(C)C2CC2)c1C(=O)O. The molecule has 1 aromatic heterocycles. The molecule has 4 heteroatoms. The van der Waals surface area contributed by atoms with E-state index < -0.39 is 5.97 Å². The van der Waals surface area contributed by atoms with Gasteiger partial charge >= 0.3 is 5.97 Å². The highest BCUT2D eigenvalue weighted by Gasteiger charge is 2.29. The molecule has 0 radical (unpaired) electrons. The normalized spacial score (nSPS) is 16.9. The van der Waals surface area contributed by atoms with Gasteiger partial charge in [-0.05, 0) is 44.2 Å². The molecule has 0 saturated heterocycles. The van der Waals surface area contributed by atoms with Crippen LogP contribution in [0.1, 0.15) is 35.7 Å². The average molecular weight is 220 g/mol. The van der Waals surface area contributed by atoms with Crippen LogP contribution in [0.15, 0.2) is 12.3 Å². The lowest BCUT2D eigenvalue weighted by Crippen LogP contribution is -2.20. The van der Waals surface area contributed by atoms with Crippen molar-refractivity contribution in [3.63, 3.8) is 0 Å². The molecule has 0 aliphatic heterocycles. The van der Waals surface area contributed by atoms with Gasteiger partial charge < -0.3 is 10.4 Å². The van der Waals surface area contributed by atoms with Gasteiger partial charge in [-0.1, -0.05) is 0 Å². The molecule has 0 bridgehead atoms. The van der Waals surface area contributed by atoms with Crippen LogP contribution in [-0.2, 0) is 0 Å². The van der Waals surface area contributed by atoms with Gasteiger partial charge in [-0.25, -0.2) is 9.78 Å². The van der Waals surface area contributed by atoms with Crippen LogP contribution in [-0.4, -0.2) is 22.1 Å². The molecular formula is C12H16N2O2. The summed E-state index contributed by atoms with van der Waals surface area (Å²) in [5, 5.41) is 12.3. The number of aromatic nitrogens is 1. The number of aromatic carboxylic acids is 1. The number of nitrogens with one attached hydrogen (secondary N) is 1. The fraction of sp³-hybridized carbons (Fsp3) is 0.500. The van der Waals surface area contributed by atoms with Crippen molar-refractivity contribution < 1.29 is 9.90 Å². The molecule has 0 spiro atoms. The Labute approximate surface area is 94.7 Å². The first-order chi connectivity index (χ1) is 7.59. The number of anilines is 1. The molecule has 4 nitrogen and oxygen atoms in total. The van der Waals surface area contributed by atoms with E-state index in [1.54, 1.807) is 19.2 Å². The van der Waals surface area contributed by atoms with E-state index >= 15 is 0 Å². The topological polar surface area (TPSA) is 62.2 Å². The zero-order valence-electron chi connectivity index (χ0n) is 9.53. The second kappa shape index (κ2) is 4.12. The van der Waals surface area contributed by atoms with Gasteiger partial charge in [0.15, 0.2) is 0 Å². The van der Waals surface area contributed by atoms with Crippen molar-refractivity contribution >= 4 is 11.8 Å². The molecule has 1 aliphatic carbocycles. The number of carboxylic acid groups (broad SMARTS) is 1. The van der Waals surface area contributed by atoms with E-state index in [0.29, 0.717) is 17.8 Å². The van der Waals surface area contributed by atoms with E-state index in [0.717, 1.165) is 5.56 Å². The lowest BCUT2D eigenvalue weighted by atomic mass is 10.1. The summed E-state index contributed by atoms with van der Waals surface area (Å²) in [6, 6.07) is 2.02. The molecular weight excluding hydrogens is 204 g/mol. The van der Waals surface area contributed by atoms with Crippen molar-refractivity contribution in [2.75, 3.05) is 5.32 Å². The number of aryl methyl sites for hydroxylation is 1. The second-order valence-electron chi connectivity index (χ2n) is 4.43. The third kappa shape index (κ3) is 2.15. The van der Waals surface area contributed by atoms with Crippen molar-refractivity contribution in [1.29, 1.82) is 0 Å². The van der Waals surface area contributed by atoms with Crippen LogP contribution in [0.25, 0.3) is 0 Å². The van der Waals surface area contributed by atoms with Gasteiger partial charge in [0.2, 0.25) is 0 Å². The van der Waals surface area contributed by atoms with Crippen LogP contribution in [0.5, 0.6) is 0 Å². The largest absolute Gasteiger partial charge is 0.478 e. The number of nitrogens with zero attached hydrogens (tertiary/aromatic N) is 1. The first-order valence-corrected chi connectivity index (χ1v) is 5.55. The highest BCUT2D eigenvalue weighted by Crippen LogP contribution is 2.34. The van der Waals surface area contributed by atoms with Gasteiger partial charge in [0, 0.05) is 12.2 Å². The van der Waals surface area contributed by atoms with Crippen LogP contribution in [0.2, 0.25) is 0 Å². The third-order valence-electron chi connectivity index (χ3n) is 3.07. The Kier molecular flexibility index (Phi) is 2.81. The summed E-state index contributed by atoms with van der Waals surface area (Å²) in [4.78, 5) is 15.2. The van der Waals surface area contributed by atoms with E-state index in [-0.39, 0.29) is 5.56 Å². The van der Waals surface area contributed by atoms with Gasteiger partial charge in [-0.15, -0.1) is 0 Å². The maximum absolute atomic E-state index is 11.1. The van der Waals surface area contributed by atoms with Crippen LogP contribution in [0, 0.1) is 12.8 Å². The zero-order valence-corrected chi connectivity index (χ0v) is 9.53. The fourth-order valence-corrected chi connectivity index (χ4v) is 1.87. The molecule has 1 fully saturated rings. The minimum atomic E-state index is -0.920. The molecule has 1 aliphatic rings. The van der Waals surface area contributed by atoms with Crippen molar-refractivity contribution in [3.8, 4) is 0 Å². The van der Waals surface area contributed by atoms with E-state index in [1.165, 1.54) is 12.8 Å². The molecule has 1 saturated carbocycles. The Morgan fingerprint density at radius 2 is 2.31 bits per heavy atom. The molecule has 1 atom stereocenters. The summed E-state index contributed by atoms with van der Waals surface area (Å²) < 4.78 is 0. The number of carbonyl (C=O) groups is 1. The van der Waals surface area contributed by atoms with Crippen molar-refractivity contribution in [2.45, 2.75) is 32.7 Å². The van der Waals surface area contributed by atoms with Gasteiger partial charge in [0.1, 0.15) is 11.4 Å². The van der Waals surface area contributed by atoms with E-state index in [4.69, 9.17) is 5.11 Å². The minimum absolute atomic E-state index is 0.287. The predicted molar refractivity (Wildman–Crippen MR) is 61.7 cm³/mol. The Hall–Kier alpha value is -1.58. The van der Waals surface area contributed by atoms with Crippen LogP contribution in [0.4, 0.5) is 5.82 Å². The van der Waals surface area contributed by atoms with Gasteiger partial charge in [0.25, 0.3) is 0 Å². The third-order valence-corrected chi connectivity index (χ3v) is 3.07. The first kappa shape index (κ1) is 10.9. The minimum Gasteiger partial charge on any atom is -0.478 e. The van der Waals surface area contributed by atoms with Gasteiger partial charge in [0.05, 0.1) is 0 Å². The Morgan fingerprint density at radius 1 is 1.62 bits per heavy atom. The maximum atomic E-state index is 11.1. The Balaban J connectivity index is 2.24. The molecule has 0 amide bonds. The number of pyridine rings is 1. The standard InChI is InChI=1S/C12H16N2O2/c1-7-5-6-13-11(10(7)12(15)16)14-8(2)9-3-4-9/h5-6,8-9H,3-4H2,1-2H3,(H,13,14)(H,15,16). The van der Waals surface area contributed by atoms with Crippen molar-refractivity contribution in [2.24, 2.45) is 5.92 Å². The second-order valence-corrected chi connectivity index (χ2v) is 4.43. The lowest BCUT2D eigenvalue weighted by molar-refractivity contribution is 0.0697. The summed E-state index contributed by atoms with van der Waals surface area (Å²) >= 11 is 0. The van der Waals surface area contributed by atoms with Crippen molar-refractivity contribution in [3.05, 3.63) is 23.4 Å². The number of rotatable bonds is 4. The van der Waals surface area contributed by atoms with Crippen LogP contribution < -0.4 is 5.32 Å². The molecule has 86 valence electrons. The van der Waals surface area contributed by atoms with E-state index in [1.807, 2.05) is 0 Å². The van der Waals surface area contributed by atoms with E-state index in [9.17, 15) is 4.79 Å². The smallest absolute Gasteiger partial charge is 0.339 e. The highest BCUT2D eigenvalue weighted by atomic mass is 16.4. The fourth-order valence-electron chi connectivity index (χ4n) is 1.87. The Bertz CT molecular complexity index is 413. The van der Waals surface area contributed by atoms with Crippen LogP contribution in [0.3, 0.4) is 0 Å². The van der Waals surface area contributed by atoms with Crippen LogP contribution >= 0.6 is 0 Å². The lowest BCUT2D eigenvalue weighted by Gasteiger charge is -2.16. The highest BCUT2D eigenvalue weighted by molar-refractivity contribution is 5.94. The van der Waals surface area contributed by atoms with Gasteiger partial charge in [-0.3, -0.25) is 0 Å². The molecule has 1 unspecified atom stereocenters.